The highest BCUT2D eigenvalue weighted by Crippen LogP contribution is 2.14. The Balaban J connectivity index is 2.75. The Bertz CT molecular complexity index is 360. The Kier molecular flexibility index (Phi) is 3.89. The van der Waals surface area contributed by atoms with Crippen LogP contribution >= 0.6 is 11.6 Å². The van der Waals surface area contributed by atoms with E-state index in [0.29, 0.717) is 11.4 Å². The van der Waals surface area contributed by atoms with E-state index in [1.807, 2.05) is 32.0 Å². The summed E-state index contributed by atoms with van der Waals surface area (Å²) in [6, 6.07) is 7.40. The second-order valence-electron chi connectivity index (χ2n) is 4.10. The lowest BCUT2D eigenvalue weighted by molar-refractivity contribution is -0.123. The van der Waals surface area contributed by atoms with Crippen LogP contribution in [-0.4, -0.2) is 18.4 Å². The van der Waals surface area contributed by atoms with Gasteiger partial charge in [0.05, 0.1) is 5.54 Å². The van der Waals surface area contributed by atoms with Gasteiger partial charge in [-0.05, 0) is 38.6 Å². The molecule has 0 aliphatic rings. The molecule has 0 saturated carbocycles. The molecule has 0 fully saturated rings. The summed E-state index contributed by atoms with van der Waals surface area (Å²) >= 11 is 5.85. The van der Waals surface area contributed by atoms with Gasteiger partial charge < -0.3 is 5.32 Å². The molecule has 0 saturated heterocycles. The number of ketones is 1. The first kappa shape index (κ1) is 12.2. The predicted octanol–water partition coefficient (Wildman–Crippen LogP) is 2.45. The van der Waals surface area contributed by atoms with Gasteiger partial charge in [-0.3, -0.25) is 4.79 Å². The summed E-state index contributed by atoms with van der Waals surface area (Å²) in [5.41, 5.74) is 0.471. The van der Waals surface area contributed by atoms with Gasteiger partial charge in [0.1, 0.15) is 0 Å². The zero-order chi connectivity index (χ0) is 11.5. The first-order chi connectivity index (χ1) is 6.95. The third-order valence-electron chi connectivity index (χ3n) is 2.58. The third-order valence-corrected chi connectivity index (χ3v) is 2.81. The second-order valence-corrected chi connectivity index (χ2v) is 4.54. The largest absolute Gasteiger partial charge is 0.308 e. The van der Waals surface area contributed by atoms with Crippen molar-refractivity contribution in [2.75, 3.05) is 7.05 Å². The highest BCUT2D eigenvalue weighted by atomic mass is 35.5. The Morgan fingerprint density at radius 1 is 1.47 bits per heavy atom. The van der Waals surface area contributed by atoms with Crippen LogP contribution in [0.25, 0.3) is 0 Å². The number of benzene rings is 1. The minimum atomic E-state index is -0.484. The van der Waals surface area contributed by atoms with E-state index >= 15 is 0 Å². The van der Waals surface area contributed by atoms with E-state index in [1.165, 1.54) is 0 Å². The van der Waals surface area contributed by atoms with Gasteiger partial charge in [-0.15, -0.1) is 0 Å². The van der Waals surface area contributed by atoms with Gasteiger partial charge in [0.2, 0.25) is 0 Å². The van der Waals surface area contributed by atoms with Crippen molar-refractivity contribution in [3.05, 3.63) is 34.9 Å². The lowest BCUT2D eigenvalue weighted by Gasteiger charge is -2.22. The number of halogens is 1. The zero-order valence-corrected chi connectivity index (χ0v) is 10.1. The normalized spacial score (nSPS) is 11.5. The lowest BCUT2D eigenvalue weighted by atomic mass is 9.94. The molecule has 0 bridgehead atoms. The van der Waals surface area contributed by atoms with Gasteiger partial charge in [-0.25, -0.2) is 0 Å². The van der Waals surface area contributed by atoms with Crippen LogP contribution in [0.1, 0.15) is 19.4 Å². The summed E-state index contributed by atoms with van der Waals surface area (Å²) in [4.78, 5) is 11.9. The zero-order valence-electron chi connectivity index (χ0n) is 9.30. The van der Waals surface area contributed by atoms with Crippen molar-refractivity contribution < 1.29 is 4.79 Å². The van der Waals surface area contributed by atoms with Crippen molar-refractivity contribution in [2.45, 2.75) is 25.8 Å². The summed E-state index contributed by atoms with van der Waals surface area (Å²) in [7, 11) is 1.79. The summed E-state index contributed by atoms with van der Waals surface area (Å²) < 4.78 is 0. The molecular formula is C12H16ClNO. The molecular weight excluding hydrogens is 210 g/mol. The molecule has 15 heavy (non-hydrogen) atoms. The van der Waals surface area contributed by atoms with Gasteiger partial charge in [0, 0.05) is 11.4 Å². The van der Waals surface area contributed by atoms with Crippen LogP contribution in [0.3, 0.4) is 0 Å². The van der Waals surface area contributed by atoms with Crippen molar-refractivity contribution in [1.29, 1.82) is 0 Å². The lowest BCUT2D eigenvalue weighted by Crippen LogP contribution is -2.45. The molecule has 0 spiro atoms. The molecule has 1 aromatic rings. The van der Waals surface area contributed by atoms with Crippen LogP contribution in [-0.2, 0) is 11.2 Å². The third kappa shape index (κ3) is 3.33. The number of rotatable bonds is 4. The van der Waals surface area contributed by atoms with E-state index in [-0.39, 0.29) is 5.78 Å². The van der Waals surface area contributed by atoms with Crippen LogP contribution in [0, 0.1) is 0 Å². The molecule has 0 aliphatic carbocycles. The maximum absolute atomic E-state index is 11.9. The van der Waals surface area contributed by atoms with Gasteiger partial charge in [-0.2, -0.15) is 0 Å². The molecule has 0 aliphatic heterocycles. The van der Waals surface area contributed by atoms with E-state index in [1.54, 1.807) is 13.1 Å². The fraction of sp³-hybridized carbons (Fsp3) is 0.417. The Morgan fingerprint density at radius 2 is 2.13 bits per heavy atom. The molecule has 1 N–H and O–H groups in total. The molecule has 1 aromatic carbocycles. The van der Waals surface area contributed by atoms with Crippen LogP contribution < -0.4 is 5.32 Å². The first-order valence-corrected chi connectivity index (χ1v) is 5.30. The molecule has 0 amide bonds. The molecule has 3 heteroatoms. The molecule has 0 heterocycles. The van der Waals surface area contributed by atoms with E-state index in [2.05, 4.69) is 5.32 Å². The van der Waals surface area contributed by atoms with Gasteiger partial charge in [0.15, 0.2) is 5.78 Å². The van der Waals surface area contributed by atoms with Crippen molar-refractivity contribution in [1.82, 2.24) is 5.32 Å². The monoisotopic (exact) mass is 225 g/mol. The maximum Gasteiger partial charge on any atom is 0.156 e. The van der Waals surface area contributed by atoms with Crippen LogP contribution in [0.15, 0.2) is 24.3 Å². The summed E-state index contributed by atoms with van der Waals surface area (Å²) in [6.07, 6.45) is 0.411. The van der Waals surface area contributed by atoms with E-state index < -0.39 is 5.54 Å². The number of hydrogen-bond donors (Lipinski definition) is 1. The fourth-order valence-electron chi connectivity index (χ4n) is 1.19. The maximum atomic E-state index is 11.9. The smallest absolute Gasteiger partial charge is 0.156 e. The van der Waals surface area contributed by atoms with Gasteiger partial charge in [0.25, 0.3) is 0 Å². The van der Waals surface area contributed by atoms with Gasteiger partial charge in [-0.1, -0.05) is 23.7 Å². The number of Topliss-reactive ketones (excluding diaryl/α,β-unsaturated/α-hetero) is 1. The molecule has 2 nitrogen and oxygen atoms in total. The highest BCUT2D eigenvalue weighted by Gasteiger charge is 2.24. The van der Waals surface area contributed by atoms with E-state index in [4.69, 9.17) is 11.6 Å². The van der Waals surface area contributed by atoms with E-state index in [9.17, 15) is 4.79 Å². The predicted molar refractivity (Wildman–Crippen MR) is 63.3 cm³/mol. The quantitative estimate of drug-likeness (QED) is 0.853. The SMILES string of the molecule is CNC(C)(C)C(=O)Cc1cccc(Cl)c1. The Hall–Kier alpha value is -0.860. The standard InChI is InChI=1S/C12H16ClNO/c1-12(2,14-3)11(15)8-9-5-4-6-10(13)7-9/h4-7,14H,8H2,1-3H3. The van der Waals surface area contributed by atoms with Crippen molar-refractivity contribution >= 4 is 17.4 Å². The molecule has 0 radical (unpaired) electrons. The molecule has 1 rings (SSSR count). The first-order valence-electron chi connectivity index (χ1n) is 4.92. The molecule has 0 atom stereocenters. The van der Waals surface area contributed by atoms with Crippen molar-refractivity contribution in [3.63, 3.8) is 0 Å². The summed E-state index contributed by atoms with van der Waals surface area (Å²) in [6.45, 7) is 3.75. The topological polar surface area (TPSA) is 29.1 Å². The number of carbonyl (C=O) groups excluding carboxylic acids is 1. The molecule has 0 unspecified atom stereocenters. The number of likely N-dealkylation sites (N-methyl/N-ethyl adjacent to an activating group) is 1. The van der Waals surface area contributed by atoms with Crippen molar-refractivity contribution in [2.24, 2.45) is 0 Å². The molecule has 0 aromatic heterocycles. The number of nitrogens with one attached hydrogen (secondary N) is 1. The fourth-order valence-corrected chi connectivity index (χ4v) is 1.41. The number of hydrogen-bond acceptors (Lipinski definition) is 2. The van der Waals surface area contributed by atoms with Crippen molar-refractivity contribution in [3.8, 4) is 0 Å². The Labute approximate surface area is 95.6 Å². The average Bonchev–Trinajstić information content (AvgIpc) is 2.17. The number of carbonyl (C=O) groups is 1. The van der Waals surface area contributed by atoms with Crippen LogP contribution in [0.2, 0.25) is 5.02 Å². The van der Waals surface area contributed by atoms with E-state index in [0.717, 1.165) is 5.56 Å². The van der Waals surface area contributed by atoms with Crippen LogP contribution in [0.4, 0.5) is 0 Å². The van der Waals surface area contributed by atoms with Gasteiger partial charge >= 0.3 is 0 Å². The minimum absolute atomic E-state index is 0.160. The Morgan fingerprint density at radius 3 is 2.67 bits per heavy atom. The summed E-state index contributed by atoms with van der Waals surface area (Å²) in [5.74, 6) is 0.160. The molecule has 82 valence electrons. The van der Waals surface area contributed by atoms with Crippen LogP contribution in [0.5, 0.6) is 0 Å². The second kappa shape index (κ2) is 4.77. The minimum Gasteiger partial charge on any atom is -0.308 e. The highest BCUT2D eigenvalue weighted by molar-refractivity contribution is 6.30. The summed E-state index contributed by atoms with van der Waals surface area (Å²) in [5, 5.41) is 3.66. The average molecular weight is 226 g/mol.